The molecule has 1 aliphatic heterocycles. The van der Waals surface area contributed by atoms with Crippen LogP contribution in [0.1, 0.15) is 45.4 Å². The normalized spacial score (nSPS) is 27.8. The lowest BCUT2D eigenvalue weighted by molar-refractivity contribution is -0.139. The van der Waals surface area contributed by atoms with Crippen molar-refractivity contribution in [3.05, 3.63) is 0 Å². The number of amides is 1. The first-order valence-corrected chi connectivity index (χ1v) is 8.44. The number of nitrogens with zero attached hydrogens (tertiary/aromatic N) is 1. The van der Waals surface area contributed by atoms with E-state index < -0.39 is 0 Å². The highest BCUT2D eigenvalue weighted by Crippen LogP contribution is 2.26. The van der Waals surface area contributed by atoms with Crippen LogP contribution in [0.3, 0.4) is 0 Å². The molecule has 2 aliphatic rings. The Balaban J connectivity index is 1.65. The summed E-state index contributed by atoms with van der Waals surface area (Å²) in [5, 5.41) is 0. The molecule has 1 aliphatic carbocycles. The number of hydrogen-bond acceptors (Lipinski definition) is 4. The van der Waals surface area contributed by atoms with Crippen molar-refractivity contribution >= 4 is 5.91 Å². The van der Waals surface area contributed by atoms with Gasteiger partial charge >= 0.3 is 0 Å². The van der Waals surface area contributed by atoms with E-state index in [4.69, 9.17) is 15.2 Å². The Morgan fingerprint density at radius 1 is 1.10 bits per heavy atom. The zero-order chi connectivity index (χ0) is 15.1. The van der Waals surface area contributed by atoms with Crippen LogP contribution in [0.25, 0.3) is 0 Å². The predicted octanol–water partition coefficient (Wildman–Crippen LogP) is 1.55. The van der Waals surface area contributed by atoms with Crippen LogP contribution in [0.5, 0.6) is 0 Å². The molecule has 122 valence electrons. The van der Waals surface area contributed by atoms with Gasteiger partial charge in [-0.2, -0.15) is 0 Å². The van der Waals surface area contributed by atoms with Gasteiger partial charge in [0, 0.05) is 31.7 Å². The van der Waals surface area contributed by atoms with Crippen LogP contribution in [0, 0.1) is 5.92 Å². The Labute approximate surface area is 128 Å². The van der Waals surface area contributed by atoms with E-state index >= 15 is 0 Å². The molecule has 0 aromatic heterocycles. The fourth-order valence-electron chi connectivity index (χ4n) is 3.29. The van der Waals surface area contributed by atoms with Crippen LogP contribution >= 0.6 is 0 Å². The lowest BCUT2D eigenvalue weighted by Gasteiger charge is -2.35. The second kappa shape index (κ2) is 8.71. The van der Waals surface area contributed by atoms with Crippen molar-refractivity contribution in [1.29, 1.82) is 0 Å². The lowest BCUT2D eigenvalue weighted by atomic mass is 9.85. The van der Waals surface area contributed by atoms with Gasteiger partial charge in [0.25, 0.3) is 0 Å². The second-order valence-electron chi connectivity index (χ2n) is 6.20. The number of ether oxygens (including phenoxy) is 2. The molecule has 0 bridgehead atoms. The van der Waals surface area contributed by atoms with E-state index in [2.05, 4.69) is 0 Å². The van der Waals surface area contributed by atoms with Gasteiger partial charge in [-0.1, -0.05) is 0 Å². The van der Waals surface area contributed by atoms with Gasteiger partial charge in [0.1, 0.15) is 0 Å². The smallest absolute Gasteiger partial charge is 0.225 e. The van der Waals surface area contributed by atoms with Crippen LogP contribution in [0.15, 0.2) is 0 Å². The maximum atomic E-state index is 12.5. The van der Waals surface area contributed by atoms with Gasteiger partial charge in [-0.15, -0.1) is 0 Å². The molecule has 1 saturated carbocycles. The number of carbonyl (C=O) groups is 1. The highest BCUT2D eigenvalue weighted by atomic mass is 16.5. The number of carbonyl (C=O) groups excluding carboxylic acids is 1. The zero-order valence-electron chi connectivity index (χ0n) is 13.3. The van der Waals surface area contributed by atoms with E-state index in [9.17, 15) is 4.79 Å². The monoisotopic (exact) mass is 298 g/mol. The molecule has 1 saturated heterocycles. The third-order valence-electron chi connectivity index (χ3n) is 4.66. The number of nitrogens with two attached hydrogens (primary N) is 1. The third kappa shape index (κ3) is 5.24. The Morgan fingerprint density at radius 3 is 2.38 bits per heavy atom. The Kier molecular flexibility index (Phi) is 6.93. The van der Waals surface area contributed by atoms with Gasteiger partial charge in [0.2, 0.25) is 5.91 Å². The molecule has 1 amide bonds. The van der Waals surface area contributed by atoms with E-state index in [1.165, 1.54) is 0 Å². The Morgan fingerprint density at radius 2 is 1.76 bits per heavy atom. The summed E-state index contributed by atoms with van der Waals surface area (Å²) in [5.41, 5.74) is 5.91. The summed E-state index contributed by atoms with van der Waals surface area (Å²) in [5.74, 6) is 0.551. The zero-order valence-corrected chi connectivity index (χ0v) is 13.3. The number of likely N-dealkylation sites (tertiary alicyclic amines) is 1. The molecule has 0 spiro atoms. The predicted molar refractivity (Wildman–Crippen MR) is 82.0 cm³/mol. The fourth-order valence-corrected chi connectivity index (χ4v) is 3.29. The van der Waals surface area contributed by atoms with Crippen molar-refractivity contribution in [2.75, 3.05) is 32.9 Å². The molecule has 0 unspecified atom stereocenters. The van der Waals surface area contributed by atoms with Crippen LogP contribution in [-0.2, 0) is 14.3 Å². The number of piperidine rings is 1. The molecule has 5 nitrogen and oxygen atoms in total. The summed E-state index contributed by atoms with van der Waals surface area (Å²) >= 11 is 0. The van der Waals surface area contributed by atoms with E-state index in [1.54, 1.807) is 0 Å². The number of rotatable bonds is 6. The van der Waals surface area contributed by atoms with E-state index in [1.807, 2.05) is 11.8 Å². The average Bonchev–Trinajstić information content (AvgIpc) is 2.52. The largest absolute Gasteiger partial charge is 0.379 e. The van der Waals surface area contributed by atoms with Gasteiger partial charge in [-0.25, -0.2) is 0 Å². The molecule has 0 radical (unpaired) electrons. The Bertz CT molecular complexity index is 309. The summed E-state index contributed by atoms with van der Waals surface area (Å²) in [7, 11) is 0. The van der Waals surface area contributed by atoms with E-state index in [0.29, 0.717) is 25.2 Å². The first kappa shape index (κ1) is 16.7. The molecule has 0 atom stereocenters. The van der Waals surface area contributed by atoms with Crippen LogP contribution < -0.4 is 5.73 Å². The molecule has 1 heterocycles. The summed E-state index contributed by atoms with van der Waals surface area (Å²) in [6.45, 7) is 5.72. The SMILES string of the molecule is CCOCCOC1CCN(C(=O)C2CCC(N)CC2)CC1. The van der Waals surface area contributed by atoms with Crippen molar-refractivity contribution in [1.82, 2.24) is 4.90 Å². The van der Waals surface area contributed by atoms with Gasteiger partial charge in [-0.05, 0) is 45.4 Å². The van der Waals surface area contributed by atoms with Crippen LogP contribution in [0.2, 0.25) is 0 Å². The third-order valence-corrected chi connectivity index (χ3v) is 4.66. The second-order valence-corrected chi connectivity index (χ2v) is 6.20. The lowest BCUT2D eigenvalue weighted by Crippen LogP contribution is -2.45. The fraction of sp³-hybridized carbons (Fsp3) is 0.938. The minimum atomic E-state index is 0.209. The summed E-state index contributed by atoms with van der Waals surface area (Å²) < 4.78 is 11.1. The van der Waals surface area contributed by atoms with E-state index in [-0.39, 0.29) is 12.0 Å². The molecular weight excluding hydrogens is 268 g/mol. The van der Waals surface area contributed by atoms with Crippen LogP contribution in [0.4, 0.5) is 0 Å². The van der Waals surface area contributed by atoms with Gasteiger partial charge < -0.3 is 20.1 Å². The molecule has 2 fully saturated rings. The van der Waals surface area contributed by atoms with E-state index in [0.717, 1.165) is 58.2 Å². The minimum absolute atomic E-state index is 0.209. The molecular formula is C16H30N2O3. The summed E-state index contributed by atoms with van der Waals surface area (Å²) in [6.07, 6.45) is 6.10. The number of hydrogen-bond donors (Lipinski definition) is 1. The average molecular weight is 298 g/mol. The molecule has 0 aromatic rings. The minimum Gasteiger partial charge on any atom is -0.379 e. The van der Waals surface area contributed by atoms with Crippen molar-refractivity contribution in [3.63, 3.8) is 0 Å². The van der Waals surface area contributed by atoms with Gasteiger partial charge in [0.05, 0.1) is 19.3 Å². The Hall–Kier alpha value is -0.650. The van der Waals surface area contributed by atoms with Gasteiger partial charge in [-0.3, -0.25) is 4.79 Å². The summed E-state index contributed by atoms with van der Waals surface area (Å²) in [6, 6.07) is 0.304. The van der Waals surface area contributed by atoms with Gasteiger partial charge in [0.15, 0.2) is 0 Å². The maximum Gasteiger partial charge on any atom is 0.225 e. The molecule has 0 aromatic carbocycles. The van der Waals surface area contributed by atoms with Crippen molar-refractivity contribution in [2.45, 2.75) is 57.6 Å². The highest BCUT2D eigenvalue weighted by Gasteiger charge is 2.30. The highest BCUT2D eigenvalue weighted by molar-refractivity contribution is 5.79. The first-order chi connectivity index (χ1) is 10.2. The quantitative estimate of drug-likeness (QED) is 0.756. The topological polar surface area (TPSA) is 64.8 Å². The molecule has 2 N–H and O–H groups in total. The summed E-state index contributed by atoms with van der Waals surface area (Å²) in [4.78, 5) is 14.5. The first-order valence-electron chi connectivity index (χ1n) is 8.44. The standard InChI is InChI=1S/C16H30N2O3/c1-2-20-11-12-21-15-7-9-18(10-8-15)16(19)13-3-5-14(17)6-4-13/h13-15H,2-12,17H2,1H3. The van der Waals surface area contributed by atoms with Crippen molar-refractivity contribution < 1.29 is 14.3 Å². The maximum absolute atomic E-state index is 12.5. The molecule has 5 heteroatoms. The van der Waals surface area contributed by atoms with Crippen molar-refractivity contribution in [2.24, 2.45) is 11.7 Å². The van der Waals surface area contributed by atoms with Crippen molar-refractivity contribution in [3.8, 4) is 0 Å². The molecule has 21 heavy (non-hydrogen) atoms. The molecule has 2 rings (SSSR count). The van der Waals surface area contributed by atoms with Crippen LogP contribution in [-0.4, -0.2) is 55.9 Å².